The van der Waals surface area contributed by atoms with Gasteiger partial charge < -0.3 is 9.84 Å². The van der Waals surface area contributed by atoms with Gasteiger partial charge in [-0.05, 0) is 55.0 Å². The third-order valence-corrected chi connectivity index (χ3v) is 6.37. The van der Waals surface area contributed by atoms with Crippen molar-refractivity contribution in [1.82, 2.24) is 5.32 Å². The first-order valence-corrected chi connectivity index (χ1v) is 11.8. The molecular weight excluding hydrogens is 422 g/mol. The molecule has 0 heterocycles. The molecule has 0 aliphatic heterocycles. The summed E-state index contributed by atoms with van der Waals surface area (Å²) in [5.74, 6) is -0.779. The summed E-state index contributed by atoms with van der Waals surface area (Å²) < 4.78 is 5.85. The molecule has 34 heavy (non-hydrogen) atoms. The molecule has 0 aromatic heterocycles. The van der Waals surface area contributed by atoms with Crippen molar-refractivity contribution in [2.75, 3.05) is 6.61 Å². The molecule has 1 aliphatic carbocycles. The number of aliphatic hydroxyl groups excluding tert-OH is 1. The van der Waals surface area contributed by atoms with E-state index in [0.29, 0.717) is 6.42 Å². The number of carbonyl (C=O) groups excluding carboxylic acids is 1. The van der Waals surface area contributed by atoms with Crippen LogP contribution in [0.4, 0.5) is 0 Å². The fourth-order valence-electron chi connectivity index (χ4n) is 4.97. The van der Waals surface area contributed by atoms with E-state index in [9.17, 15) is 9.90 Å². The van der Waals surface area contributed by atoms with Crippen molar-refractivity contribution >= 4 is 5.97 Å². The highest BCUT2D eigenvalue weighted by atomic mass is 16.6. The van der Waals surface area contributed by atoms with Gasteiger partial charge in [0.2, 0.25) is 0 Å². The van der Waals surface area contributed by atoms with Gasteiger partial charge in [-0.25, -0.2) is 0 Å². The van der Waals surface area contributed by atoms with Gasteiger partial charge in [0.15, 0.2) is 0 Å². The largest absolute Gasteiger partial charge is 0.459 e. The summed E-state index contributed by atoms with van der Waals surface area (Å²) in [6.45, 7) is 9.26. The maximum Gasteiger partial charge on any atom is 0.324 e. The van der Waals surface area contributed by atoms with E-state index in [1.807, 2.05) is 63.2 Å². The first-order valence-electron chi connectivity index (χ1n) is 11.8. The molecule has 1 aliphatic rings. The number of carbonyl (C=O) groups is 1. The summed E-state index contributed by atoms with van der Waals surface area (Å²) in [5.41, 5.74) is 3.98. The number of allylic oxidation sites excluding steroid dienone is 1. The molecule has 2 atom stereocenters. The number of esters is 1. The summed E-state index contributed by atoms with van der Waals surface area (Å²) in [7, 11) is 0. The lowest BCUT2D eigenvalue weighted by Gasteiger charge is -2.39. The van der Waals surface area contributed by atoms with Crippen LogP contribution in [0.25, 0.3) is 11.1 Å². The van der Waals surface area contributed by atoms with Gasteiger partial charge >= 0.3 is 5.97 Å². The van der Waals surface area contributed by atoms with Crippen LogP contribution in [0, 0.1) is 5.92 Å². The Balaban J connectivity index is 1.95. The smallest absolute Gasteiger partial charge is 0.324 e. The summed E-state index contributed by atoms with van der Waals surface area (Å²) in [4.78, 5) is 13.6. The molecule has 3 aromatic rings. The number of ether oxygens (including phenoxy) is 1. The number of fused-ring (bicyclic) bond motifs is 3. The Kier molecular flexibility index (Phi) is 6.74. The molecule has 3 aromatic carbocycles. The lowest BCUT2D eigenvalue weighted by atomic mass is 9.79. The van der Waals surface area contributed by atoms with Crippen LogP contribution in [0.1, 0.15) is 43.9 Å². The van der Waals surface area contributed by atoms with Gasteiger partial charge in [-0.3, -0.25) is 10.1 Å². The Hall–Kier alpha value is -3.21. The van der Waals surface area contributed by atoms with Crippen LogP contribution in [-0.2, 0) is 15.1 Å². The van der Waals surface area contributed by atoms with Crippen molar-refractivity contribution in [2.45, 2.75) is 44.4 Å². The highest BCUT2D eigenvalue weighted by Crippen LogP contribution is 2.51. The van der Waals surface area contributed by atoms with Crippen molar-refractivity contribution in [3.63, 3.8) is 0 Å². The molecule has 0 bridgehead atoms. The number of nitrogens with one attached hydrogen (secondary N) is 1. The van der Waals surface area contributed by atoms with E-state index in [0.717, 1.165) is 27.8 Å². The second kappa shape index (κ2) is 9.57. The van der Waals surface area contributed by atoms with E-state index in [-0.39, 0.29) is 12.6 Å². The van der Waals surface area contributed by atoms with Crippen LogP contribution in [0.2, 0.25) is 0 Å². The van der Waals surface area contributed by atoms with E-state index >= 15 is 0 Å². The van der Waals surface area contributed by atoms with Crippen molar-refractivity contribution < 1.29 is 14.6 Å². The molecule has 176 valence electrons. The first-order chi connectivity index (χ1) is 16.3. The fraction of sp³-hybridized carbons (Fsp3) is 0.300. The first kappa shape index (κ1) is 23.9. The zero-order chi connectivity index (χ0) is 24.3. The Morgan fingerprint density at radius 2 is 1.50 bits per heavy atom. The minimum Gasteiger partial charge on any atom is -0.459 e. The van der Waals surface area contributed by atoms with Gasteiger partial charge in [0.1, 0.15) is 11.6 Å². The number of hydrogen-bond acceptors (Lipinski definition) is 4. The van der Waals surface area contributed by atoms with Crippen LogP contribution in [0.3, 0.4) is 0 Å². The summed E-state index contributed by atoms with van der Waals surface area (Å²) in [6.07, 6.45) is 2.22. The maximum atomic E-state index is 13.6. The van der Waals surface area contributed by atoms with E-state index in [2.05, 4.69) is 48.3 Å². The van der Waals surface area contributed by atoms with Crippen molar-refractivity contribution in [3.05, 3.63) is 108 Å². The number of hydrogen-bond donors (Lipinski definition) is 2. The Morgan fingerprint density at radius 3 is 2.00 bits per heavy atom. The van der Waals surface area contributed by atoms with Crippen molar-refractivity contribution in [1.29, 1.82) is 0 Å². The van der Waals surface area contributed by atoms with Gasteiger partial charge in [-0.2, -0.15) is 0 Å². The maximum absolute atomic E-state index is 13.6. The van der Waals surface area contributed by atoms with Crippen LogP contribution in [-0.4, -0.2) is 29.3 Å². The molecule has 0 radical (unpaired) electrons. The second-order valence-electron chi connectivity index (χ2n) is 9.83. The predicted octanol–water partition coefficient (Wildman–Crippen LogP) is 5.44. The average molecular weight is 456 g/mol. The van der Waals surface area contributed by atoms with Crippen LogP contribution in [0.5, 0.6) is 0 Å². The normalized spacial score (nSPS) is 15.6. The molecule has 4 heteroatoms. The molecule has 0 saturated carbocycles. The standard InChI is InChI=1S/C30H33NO3/c1-5-13-21(20-32)27(28(33)34-29(2,3)4)31-30(22-14-7-6-8-15-22)25-18-11-9-16-23(25)24-17-10-12-19-26(24)30/h5-12,14-19,21,27,31-32H,1,13,20H2,2-4H3/t21?,27-/m0/s1. The fourth-order valence-corrected chi connectivity index (χ4v) is 4.97. The van der Waals surface area contributed by atoms with Gasteiger partial charge in [0.25, 0.3) is 0 Å². The zero-order valence-electron chi connectivity index (χ0n) is 20.1. The molecule has 4 nitrogen and oxygen atoms in total. The number of benzene rings is 3. The predicted molar refractivity (Wildman–Crippen MR) is 136 cm³/mol. The lowest BCUT2D eigenvalue weighted by molar-refractivity contribution is -0.160. The summed E-state index contributed by atoms with van der Waals surface area (Å²) >= 11 is 0. The van der Waals surface area contributed by atoms with Crippen LogP contribution in [0.15, 0.2) is 91.5 Å². The van der Waals surface area contributed by atoms with E-state index < -0.39 is 23.1 Å². The lowest BCUT2D eigenvalue weighted by Crippen LogP contribution is -2.56. The van der Waals surface area contributed by atoms with Crippen molar-refractivity contribution in [3.8, 4) is 11.1 Å². The average Bonchev–Trinajstić information content (AvgIpc) is 3.11. The number of aliphatic hydroxyl groups is 1. The minimum atomic E-state index is -0.787. The molecule has 4 rings (SSSR count). The molecule has 2 N–H and O–H groups in total. The minimum absolute atomic E-state index is 0.170. The van der Waals surface area contributed by atoms with E-state index in [1.165, 1.54) is 0 Å². The molecule has 0 fully saturated rings. The van der Waals surface area contributed by atoms with Crippen LogP contribution >= 0.6 is 0 Å². The van der Waals surface area contributed by atoms with Gasteiger partial charge in [-0.1, -0.05) is 84.9 Å². The third-order valence-electron chi connectivity index (χ3n) is 6.37. The molecule has 0 spiro atoms. The zero-order valence-corrected chi connectivity index (χ0v) is 20.1. The van der Waals surface area contributed by atoms with Crippen LogP contribution < -0.4 is 5.32 Å². The molecule has 0 saturated heterocycles. The Morgan fingerprint density at radius 1 is 0.971 bits per heavy atom. The van der Waals surface area contributed by atoms with Gasteiger partial charge in [0, 0.05) is 12.5 Å². The molecular formula is C30H33NO3. The monoisotopic (exact) mass is 455 g/mol. The summed E-state index contributed by atoms with van der Waals surface area (Å²) in [6, 6.07) is 26.0. The molecule has 1 unspecified atom stereocenters. The van der Waals surface area contributed by atoms with Crippen molar-refractivity contribution in [2.24, 2.45) is 5.92 Å². The molecule has 0 amide bonds. The second-order valence-corrected chi connectivity index (χ2v) is 9.83. The van der Waals surface area contributed by atoms with E-state index in [1.54, 1.807) is 6.08 Å². The Bertz CT molecular complexity index is 1120. The summed E-state index contributed by atoms with van der Waals surface area (Å²) in [5, 5.41) is 14.0. The SMILES string of the molecule is C=CCC(CO)[C@H](NC1(c2ccccc2)c2ccccc2-c2ccccc21)C(=O)OC(C)(C)C. The highest BCUT2D eigenvalue weighted by Gasteiger charge is 2.48. The Labute approximate surface area is 202 Å². The topological polar surface area (TPSA) is 58.6 Å². The third kappa shape index (κ3) is 4.31. The van der Waals surface area contributed by atoms with E-state index in [4.69, 9.17) is 4.74 Å². The quantitative estimate of drug-likeness (QED) is 0.351. The van der Waals surface area contributed by atoms with Gasteiger partial charge in [-0.15, -0.1) is 6.58 Å². The number of rotatable bonds is 8. The van der Waals surface area contributed by atoms with Gasteiger partial charge in [0.05, 0.1) is 5.54 Å². The highest BCUT2D eigenvalue weighted by molar-refractivity contribution is 5.84.